The summed E-state index contributed by atoms with van der Waals surface area (Å²) >= 11 is 25.0. The molecule has 2 saturated heterocycles. The highest BCUT2D eigenvalue weighted by atomic mass is 35.5. The van der Waals surface area contributed by atoms with Gasteiger partial charge in [0.05, 0.1) is 22.5 Å². The predicted molar refractivity (Wildman–Crippen MR) is 177 cm³/mol. The number of likely N-dealkylation sites (tertiary alicyclic amines) is 1. The molecular formula is C30H40Cl4N2O7S. The van der Waals surface area contributed by atoms with Crippen LogP contribution in [0.1, 0.15) is 33.1 Å². The Morgan fingerprint density at radius 1 is 1.09 bits per heavy atom. The molecule has 2 aromatic carbocycles. The zero-order valence-corrected chi connectivity index (χ0v) is 28.7. The fourth-order valence-electron chi connectivity index (χ4n) is 5.37. The molecule has 9 atom stereocenters. The van der Waals surface area contributed by atoms with Gasteiger partial charge in [0.1, 0.15) is 35.6 Å². The summed E-state index contributed by atoms with van der Waals surface area (Å²) in [7, 11) is 1.94. The lowest BCUT2D eigenvalue weighted by molar-refractivity contribution is -0.205. The van der Waals surface area contributed by atoms with Crippen LogP contribution in [0, 0.1) is 5.92 Å². The number of hydrogen-bond donors (Lipinski definition) is 5. The first kappa shape index (κ1) is 37.3. The number of rotatable bonds is 9. The molecule has 2 aromatic rings. The van der Waals surface area contributed by atoms with E-state index >= 15 is 0 Å². The number of phenolic OH excluding ortho intramolecular Hbond substituents is 1. The summed E-state index contributed by atoms with van der Waals surface area (Å²) in [6, 6.07) is 8.46. The minimum atomic E-state index is -1.36. The molecule has 0 saturated carbocycles. The number of benzene rings is 2. The number of aliphatic hydroxyl groups is 3. The second kappa shape index (κ2) is 17.1. The number of ether oxygens (including phenoxy) is 2. The zero-order chi connectivity index (χ0) is 32.7. The van der Waals surface area contributed by atoms with E-state index in [1.165, 1.54) is 17.8 Å². The zero-order valence-electron chi connectivity index (χ0n) is 24.9. The maximum atomic E-state index is 12.9. The number of carbonyl (C=O) groups is 1. The highest BCUT2D eigenvalue weighted by Crippen LogP contribution is 2.37. The second-order valence-corrected chi connectivity index (χ2v) is 13.9. The molecule has 0 aromatic heterocycles. The van der Waals surface area contributed by atoms with E-state index in [2.05, 4.69) is 12.2 Å². The molecule has 5 N–H and O–H groups in total. The number of amides is 1. The minimum absolute atomic E-state index is 0.0523. The van der Waals surface area contributed by atoms with Crippen molar-refractivity contribution >= 4 is 64.1 Å². The van der Waals surface area contributed by atoms with E-state index in [0.29, 0.717) is 26.7 Å². The number of phenols is 1. The Morgan fingerprint density at radius 3 is 2.30 bits per heavy atom. The third-order valence-corrected chi connectivity index (χ3v) is 9.56. The van der Waals surface area contributed by atoms with Crippen LogP contribution in [0.25, 0.3) is 0 Å². The van der Waals surface area contributed by atoms with Crippen LogP contribution in [0.15, 0.2) is 36.4 Å². The molecule has 0 spiro atoms. The number of nitrogens with one attached hydrogen (secondary N) is 1. The molecule has 2 aliphatic rings. The van der Waals surface area contributed by atoms with Gasteiger partial charge >= 0.3 is 0 Å². The molecule has 9 nitrogen and oxygen atoms in total. The Kier molecular flexibility index (Phi) is 14.5. The van der Waals surface area contributed by atoms with Crippen molar-refractivity contribution < 1.29 is 34.7 Å². The average Bonchev–Trinajstić information content (AvgIpc) is 3.34. The molecule has 14 heteroatoms. The van der Waals surface area contributed by atoms with Crippen LogP contribution >= 0.6 is 58.2 Å². The van der Waals surface area contributed by atoms with Gasteiger partial charge in [-0.1, -0.05) is 48.1 Å². The van der Waals surface area contributed by atoms with Crippen molar-refractivity contribution in [1.82, 2.24) is 10.2 Å². The maximum absolute atomic E-state index is 12.9. The summed E-state index contributed by atoms with van der Waals surface area (Å²) in [5.74, 6) is 0.985. The fraction of sp³-hybridized carbons (Fsp3) is 0.567. The van der Waals surface area contributed by atoms with Crippen LogP contribution in [-0.4, -0.2) is 98.4 Å². The lowest BCUT2D eigenvalue weighted by Gasteiger charge is -2.44. The summed E-state index contributed by atoms with van der Waals surface area (Å²) in [5.41, 5.74) is -0.702. The van der Waals surface area contributed by atoms with Gasteiger partial charge in [0.2, 0.25) is 5.91 Å². The van der Waals surface area contributed by atoms with Crippen LogP contribution in [0.5, 0.6) is 17.2 Å². The highest BCUT2D eigenvalue weighted by Gasteiger charge is 2.48. The van der Waals surface area contributed by atoms with Gasteiger partial charge in [0, 0.05) is 22.7 Å². The Bertz CT molecular complexity index is 1190. The Balaban J connectivity index is 0.000000266. The van der Waals surface area contributed by atoms with E-state index < -0.39 is 41.3 Å². The SMILES string of the molecule is CCC[C@@H]1C[C@@H](C(=O)N[C@@H]([C@H]2O[C@H](SC)[C@H](O)[C@@H](O)[C@H]2O)[C@H](C)Cl)N(C)C1.Oc1cc(Cl)ccc1Oc1ccc(Cl)cc1Cl. The van der Waals surface area contributed by atoms with Crippen LogP contribution in [0.3, 0.4) is 0 Å². The lowest BCUT2D eigenvalue weighted by atomic mass is 9.92. The molecule has 0 radical (unpaired) electrons. The van der Waals surface area contributed by atoms with E-state index in [4.69, 9.17) is 55.9 Å². The van der Waals surface area contributed by atoms with Gasteiger partial charge in [-0.15, -0.1) is 23.4 Å². The fourth-order valence-corrected chi connectivity index (χ4v) is 6.87. The summed E-state index contributed by atoms with van der Waals surface area (Å²) in [4.78, 5) is 14.9. The molecule has 0 bridgehead atoms. The number of likely N-dealkylation sites (N-methyl/N-ethyl adjacent to an activating group) is 1. The average molecular weight is 715 g/mol. The number of aromatic hydroxyl groups is 1. The summed E-state index contributed by atoms with van der Waals surface area (Å²) in [6.45, 7) is 4.74. The number of aliphatic hydroxyl groups excluding tert-OH is 3. The van der Waals surface area contributed by atoms with Gasteiger partial charge in [0.15, 0.2) is 11.5 Å². The van der Waals surface area contributed by atoms with Crippen LogP contribution in [0.4, 0.5) is 0 Å². The number of carbonyl (C=O) groups excluding carboxylic acids is 1. The van der Waals surface area contributed by atoms with E-state index in [-0.39, 0.29) is 23.4 Å². The highest BCUT2D eigenvalue weighted by molar-refractivity contribution is 7.99. The van der Waals surface area contributed by atoms with E-state index in [1.54, 1.807) is 43.5 Å². The second-order valence-electron chi connectivity index (χ2n) is 11.0. The van der Waals surface area contributed by atoms with Gasteiger partial charge in [-0.05, 0) is 69.3 Å². The Hall–Kier alpha value is -1.18. The molecule has 0 aliphatic carbocycles. The minimum Gasteiger partial charge on any atom is -0.504 e. The van der Waals surface area contributed by atoms with E-state index in [0.717, 1.165) is 25.8 Å². The van der Waals surface area contributed by atoms with Crippen molar-refractivity contribution in [3.05, 3.63) is 51.5 Å². The number of thioether (sulfide) groups is 1. The van der Waals surface area contributed by atoms with Gasteiger partial charge in [-0.3, -0.25) is 9.69 Å². The molecule has 4 rings (SSSR count). The van der Waals surface area contributed by atoms with Crippen molar-refractivity contribution in [1.29, 1.82) is 0 Å². The lowest BCUT2D eigenvalue weighted by Crippen LogP contribution is -2.65. The first-order chi connectivity index (χ1) is 20.8. The van der Waals surface area contributed by atoms with Gasteiger partial charge in [0.25, 0.3) is 0 Å². The largest absolute Gasteiger partial charge is 0.504 e. The third-order valence-electron chi connectivity index (χ3n) is 7.67. The molecule has 1 amide bonds. The van der Waals surface area contributed by atoms with Gasteiger partial charge < -0.3 is 35.2 Å². The van der Waals surface area contributed by atoms with Crippen LogP contribution in [-0.2, 0) is 9.53 Å². The molecule has 246 valence electrons. The van der Waals surface area contributed by atoms with Crippen molar-refractivity contribution in [3.63, 3.8) is 0 Å². The quantitative estimate of drug-likeness (QED) is 0.213. The summed E-state index contributed by atoms with van der Waals surface area (Å²) in [6.07, 6.45) is -0.0980. The summed E-state index contributed by atoms with van der Waals surface area (Å²) in [5, 5.41) is 44.0. The number of alkyl halides is 1. The van der Waals surface area contributed by atoms with Gasteiger partial charge in [-0.2, -0.15) is 0 Å². The monoisotopic (exact) mass is 712 g/mol. The topological polar surface area (TPSA) is 132 Å². The number of hydrogen-bond acceptors (Lipinski definition) is 9. The van der Waals surface area contributed by atoms with Crippen molar-refractivity contribution in [2.24, 2.45) is 5.92 Å². The Morgan fingerprint density at radius 2 is 1.73 bits per heavy atom. The molecular weight excluding hydrogens is 674 g/mol. The molecule has 44 heavy (non-hydrogen) atoms. The predicted octanol–water partition coefficient (Wildman–Crippen LogP) is 5.53. The van der Waals surface area contributed by atoms with Crippen molar-refractivity contribution in [2.75, 3.05) is 19.8 Å². The normalized spacial score (nSPS) is 28.5. The molecule has 2 heterocycles. The number of halogens is 4. The van der Waals surface area contributed by atoms with Crippen LogP contribution in [0.2, 0.25) is 15.1 Å². The molecule has 2 aliphatic heterocycles. The molecule has 0 unspecified atom stereocenters. The van der Waals surface area contributed by atoms with E-state index in [1.807, 2.05) is 11.9 Å². The van der Waals surface area contributed by atoms with E-state index in [9.17, 15) is 25.2 Å². The maximum Gasteiger partial charge on any atom is 0.237 e. The van der Waals surface area contributed by atoms with Crippen molar-refractivity contribution in [3.8, 4) is 17.2 Å². The Labute approximate surface area is 282 Å². The first-order valence-electron chi connectivity index (χ1n) is 14.3. The smallest absolute Gasteiger partial charge is 0.237 e. The third kappa shape index (κ3) is 9.67. The van der Waals surface area contributed by atoms with Gasteiger partial charge in [-0.25, -0.2) is 0 Å². The molecule has 2 fully saturated rings. The summed E-state index contributed by atoms with van der Waals surface area (Å²) < 4.78 is 11.2. The van der Waals surface area contributed by atoms with Crippen molar-refractivity contribution in [2.45, 2.75) is 80.4 Å². The standard InChI is InChI=1S/C18H33ClN2O5S.C12H7Cl3O2/c1-5-6-10-7-11(21(3)8-10)17(25)20-12(9(2)19)16-14(23)13(22)15(24)18(26-16)27-4;13-7-1-3-11(9(15)5-7)17-12-4-2-8(14)6-10(12)16/h9-16,18,22-24H,5-8H2,1-4H3,(H,20,25);1-6,16H/t9-,10+,11-,12+,13-,14+,15+,16+,18+;/m0./s1. The van der Waals surface area contributed by atoms with Crippen LogP contribution < -0.4 is 10.1 Å². The first-order valence-corrected chi connectivity index (χ1v) is 17.1. The number of nitrogens with zero attached hydrogens (tertiary/aromatic N) is 1.